The number of carbonyl (C=O) groups is 1. The van der Waals surface area contributed by atoms with E-state index in [2.05, 4.69) is 27.2 Å². The minimum Gasteiger partial charge on any atom is -0.495 e. The third-order valence-corrected chi connectivity index (χ3v) is 6.19. The van der Waals surface area contributed by atoms with Gasteiger partial charge in [-0.3, -0.25) is 15.1 Å². The molecule has 1 fully saturated rings. The molecule has 0 saturated carbocycles. The number of hydrogen-bond acceptors (Lipinski definition) is 9. The topological polar surface area (TPSA) is 121 Å². The minimum atomic E-state index is -0.882. The van der Waals surface area contributed by atoms with Crippen LogP contribution < -0.4 is 29.9 Å². The largest absolute Gasteiger partial charge is 0.495 e. The number of anilines is 3. The van der Waals surface area contributed by atoms with Crippen LogP contribution in [0.3, 0.4) is 0 Å². The van der Waals surface area contributed by atoms with Crippen LogP contribution in [0.1, 0.15) is 5.56 Å². The first-order chi connectivity index (χ1) is 16.8. The fourth-order valence-corrected chi connectivity index (χ4v) is 4.29. The molecule has 0 spiro atoms. The Bertz CT molecular complexity index is 1110. The maximum absolute atomic E-state index is 15.2. The van der Waals surface area contributed by atoms with E-state index >= 15 is 4.39 Å². The highest BCUT2D eigenvalue weighted by atomic mass is 35.5. The zero-order chi connectivity index (χ0) is 25.3. The molecule has 0 bridgehead atoms. The third kappa shape index (κ3) is 4.69. The zero-order valence-corrected chi connectivity index (χ0v) is 20.2. The number of amides is 2. The van der Waals surface area contributed by atoms with Crippen molar-refractivity contribution in [1.82, 2.24) is 15.3 Å². The van der Waals surface area contributed by atoms with Crippen LogP contribution in [0.15, 0.2) is 24.9 Å². The van der Waals surface area contributed by atoms with Gasteiger partial charge in [0.15, 0.2) is 11.6 Å². The Morgan fingerprint density at radius 3 is 2.74 bits per heavy atom. The molecule has 11 nitrogen and oxygen atoms in total. The van der Waals surface area contributed by atoms with Gasteiger partial charge >= 0.3 is 6.03 Å². The van der Waals surface area contributed by atoms with E-state index in [0.717, 1.165) is 0 Å². The number of nitrogens with zero attached hydrogens (tertiary/aromatic N) is 4. The van der Waals surface area contributed by atoms with Gasteiger partial charge in [0.05, 0.1) is 46.1 Å². The summed E-state index contributed by atoms with van der Waals surface area (Å²) in [4.78, 5) is 24.6. The molecule has 2 aliphatic heterocycles. The van der Waals surface area contributed by atoms with E-state index in [1.807, 2.05) is 0 Å². The standard InChI is InChI=1S/C22H26ClFN6O5/c1-5-16(31)26-12-9-35-10-13(12)27-21-25-7-11-8-30(22(32)29(2)20(11)28-21)19-17(23)14(33-3)6-15(34-4)18(19)24/h5-7,12-13,16,26,31H,1,8-10H2,2-4H3,(H,25,27,28). The van der Waals surface area contributed by atoms with Gasteiger partial charge in [-0.1, -0.05) is 18.2 Å². The molecule has 3 atom stereocenters. The first-order valence-corrected chi connectivity index (χ1v) is 11.1. The summed E-state index contributed by atoms with van der Waals surface area (Å²) < 4.78 is 31.0. The van der Waals surface area contributed by atoms with E-state index in [1.54, 1.807) is 6.20 Å². The van der Waals surface area contributed by atoms with Gasteiger partial charge in [-0.2, -0.15) is 4.98 Å². The zero-order valence-electron chi connectivity index (χ0n) is 19.4. The number of aromatic nitrogens is 2. The molecule has 3 heterocycles. The molecule has 3 N–H and O–H groups in total. The lowest BCUT2D eigenvalue weighted by Gasteiger charge is -2.35. The van der Waals surface area contributed by atoms with Crippen LogP contribution in [-0.4, -0.2) is 73.9 Å². The highest BCUT2D eigenvalue weighted by Gasteiger charge is 2.36. The van der Waals surface area contributed by atoms with Crippen molar-refractivity contribution in [2.45, 2.75) is 24.9 Å². The van der Waals surface area contributed by atoms with Crippen molar-refractivity contribution in [2.24, 2.45) is 0 Å². The van der Waals surface area contributed by atoms with Crippen molar-refractivity contribution < 1.29 is 28.5 Å². The van der Waals surface area contributed by atoms with Crippen LogP contribution >= 0.6 is 11.6 Å². The number of halogens is 2. The number of carbonyl (C=O) groups excluding carboxylic acids is 1. The second-order valence-corrected chi connectivity index (χ2v) is 8.35. The molecule has 0 aliphatic carbocycles. The average molecular weight is 509 g/mol. The van der Waals surface area contributed by atoms with Gasteiger partial charge in [0.2, 0.25) is 5.95 Å². The van der Waals surface area contributed by atoms with Crippen LogP contribution in [0.4, 0.5) is 26.6 Å². The summed E-state index contributed by atoms with van der Waals surface area (Å²) in [5.74, 6) is -0.0873. The number of hydrogen-bond donors (Lipinski definition) is 3. The Hall–Kier alpha value is -3.19. The second-order valence-electron chi connectivity index (χ2n) is 7.97. The summed E-state index contributed by atoms with van der Waals surface area (Å²) in [5.41, 5.74) is 0.416. The summed E-state index contributed by atoms with van der Waals surface area (Å²) in [6.07, 6.45) is 2.05. The molecule has 0 radical (unpaired) electrons. The molecule has 2 amide bonds. The Morgan fingerprint density at radius 2 is 2.06 bits per heavy atom. The molecule has 2 aliphatic rings. The van der Waals surface area contributed by atoms with E-state index in [0.29, 0.717) is 24.6 Å². The molecule has 35 heavy (non-hydrogen) atoms. The highest BCUT2D eigenvalue weighted by molar-refractivity contribution is 6.35. The number of urea groups is 1. The lowest BCUT2D eigenvalue weighted by Crippen LogP contribution is -2.48. The Kier molecular flexibility index (Phi) is 7.26. The van der Waals surface area contributed by atoms with E-state index in [9.17, 15) is 9.90 Å². The predicted octanol–water partition coefficient (Wildman–Crippen LogP) is 2.14. The van der Waals surface area contributed by atoms with Crippen molar-refractivity contribution in [3.63, 3.8) is 0 Å². The van der Waals surface area contributed by atoms with Crippen LogP contribution in [0.25, 0.3) is 0 Å². The van der Waals surface area contributed by atoms with Crippen molar-refractivity contribution in [3.8, 4) is 11.5 Å². The van der Waals surface area contributed by atoms with Crippen LogP contribution in [0.2, 0.25) is 5.02 Å². The quantitative estimate of drug-likeness (QED) is 0.363. The van der Waals surface area contributed by atoms with Gasteiger partial charge in [-0.05, 0) is 6.08 Å². The lowest BCUT2D eigenvalue weighted by atomic mass is 10.1. The van der Waals surface area contributed by atoms with Crippen molar-refractivity contribution in [3.05, 3.63) is 41.3 Å². The summed E-state index contributed by atoms with van der Waals surface area (Å²) in [5, 5.41) is 15.9. The average Bonchev–Trinajstić information content (AvgIpc) is 3.28. The number of fused-ring (bicyclic) bond motifs is 1. The molecule has 3 unspecified atom stereocenters. The molecular formula is C22H26ClFN6O5. The van der Waals surface area contributed by atoms with Crippen LogP contribution in [-0.2, 0) is 11.3 Å². The van der Waals surface area contributed by atoms with Gasteiger partial charge in [-0.25, -0.2) is 14.2 Å². The second kappa shape index (κ2) is 10.2. The molecule has 4 rings (SSSR count). The Balaban J connectivity index is 1.61. The minimum absolute atomic E-state index is 0.0198. The molecule has 188 valence electrons. The number of benzene rings is 1. The summed E-state index contributed by atoms with van der Waals surface area (Å²) >= 11 is 6.38. The number of nitrogens with one attached hydrogen (secondary N) is 2. The maximum Gasteiger partial charge on any atom is 0.330 e. The first-order valence-electron chi connectivity index (χ1n) is 10.7. The van der Waals surface area contributed by atoms with E-state index < -0.39 is 18.1 Å². The van der Waals surface area contributed by atoms with Gasteiger partial charge in [0.1, 0.15) is 28.5 Å². The van der Waals surface area contributed by atoms with Crippen molar-refractivity contribution in [1.29, 1.82) is 0 Å². The van der Waals surface area contributed by atoms with Gasteiger partial charge in [0, 0.05) is 24.9 Å². The van der Waals surface area contributed by atoms with Crippen LogP contribution in [0.5, 0.6) is 11.5 Å². The number of ether oxygens (including phenoxy) is 3. The van der Waals surface area contributed by atoms with Crippen molar-refractivity contribution in [2.75, 3.05) is 49.6 Å². The highest BCUT2D eigenvalue weighted by Crippen LogP contribution is 2.44. The Morgan fingerprint density at radius 1 is 1.34 bits per heavy atom. The van der Waals surface area contributed by atoms with E-state index in [-0.39, 0.29) is 46.8 Å². The molecule has 2 aromatic rings. The SMILES string of the molecule is C=CC(O)NC1COCC1Nc1ncc2c(n1)N(C)C(=O)N(c1c(F)c(OC)cc(OC)c1Cl)C2. The maximum atomic E-state index is 15.2. The lowest BCUT2D eigenvalue weighted by molar-refractivity contribution is 0.149. The third-order valence-electron chi connectivity index (χ3n) is 5.83. The number of aliphatic hydroxyl groups is 1. The summed E-state index contributed by atoms with van der Waals surface area (Å²) in [7, 11) is 4.22. The summed E-state index contributed by atoms with van der Waals surface area (Å²) in [6.45, 7) is 4.29. The number of methoxy groups -OCH3 is 2. The molecular weight excluding hydrogens is 483 g/mol. The normalized spacial score (nSPS) is 20.5. The van der Waals surface area contributed by atoms with E-state index in [1.165, 1.54) is 43.2 Å². The molecule has 1 aromatic heterocycles. The monoisotopic (exact) mass is 508 g/mol. The van der Waals surface area contributed by atoms with Gasteiger partial charge in [-0.15, -0.1) is 0 Å². The Labute approximate surface area is 206 Å². The van der Waals surface area contributed by atoms with Crippen molar-refractivity contribution >= 4 is 35.1 Å². The first kappa shape index (κ1) is 24.9. The number of rotatable bonds is 8. The van der Waals surface area contributed by atoms with E-state index in [4.69, 9.17) is 25.8 Å². The predicted molar refractivity (Wildman–Crippen MR) is 128 cm³/mol. The fourth-order valence-electron chi connectivity index (χ4n) is 3.98. The van der Waals surface area contributed by atoms with Gasteiger partial charge < -0.3 is 24.6 Å². The summed E-state index contributed by atoms with van der Waals surface area (Å²) in [6, 6.07) is 0.347. The number of aliphatic hydroxyl groups excluding tert-OH is 1. The smallest absolute Gasteiger partial charge is 0.330 e. The molecule has 1 aromatic carbocycles. The molecule has 13 heteroatoms. The fraction of sp³-hybridized carbons (Fsp3) is 0.409. The van der Waals surface area contributed by atoms with Crippen LogP contribution in [0, 0.1) is 5.82 Å². The van der Waals surface area contributed by atoms with Gasteiger partial charge in [0.25, 0.3) is 0 Å². The molecule has 1 saturated heterocycles.